The summed E-state index contributed by atoms with van der Waals surface area (Å²) in [6.45, 7) is 2.88. The maximum absolute atomic E-state index is 12.2. The monoisotopic (exact) mass is 252 g/mol. The van der Waals surface area contributed by atoms with Crippen molar-refractivity contribution in [3.63, 3.8) is 0 Å². The summed E-state index contributed by atoms with van der Waals surface area (Å²) in [5.41, 5.74) is 0.956. The average molecular weight is 253 g/mol. The number of rotatable bonds is 3. The predicted octanol–water partition coefficient (Wildman–Crippen LogP) is 4.23. The van der Waals surface area contributed by atoms with Crippen molar-refractivity contribution >= 4 is 11.6 Å². The van der Waals surface area contributed by atoms with E-state index in [0.29, 0.717) is 0 Å². The molecule has 90 valence electrons. The highest BCUT2D eigenvalue weighted by Crippen LogP contribution is 2.30. The zero-order valence-corrected chi connectivity index (χ0v) is 9.69. The van der Waals surface area contributed by atoms with Gasteiger partial charge in [0.25, 0.3) is 0 Å². The molecule has 0 bridgehead atoms. The van der Waals surface area contributed by atoms with Crippen molar-refractivity contribution in [3.05, 3.63) is 28.8 Å². The molecule has 1 atom stereocenters. The molecule has 0 spiro atoms. The van der Waals surface area contributed by atoms with E-state index in [2.05, 4.69) is 0 Å². The van der Waals surface area contributed by atoms with Gasteiger partial charge in [-0.25, -0.2) is 0 Å². The zero-order valence-electron chi connectivity index (χ0n) is 8.94. The van der Waals surface area contributed by atoms with Crippen LogP contribution >= 0.6 is 11.6 Å². The van der Waals surface area contributed by atoms with Crippen LogP contribution in [0.3, 0.4) is 0 Å². The lowest BCUT2D eigenvalue weighted by molar-refractivity contribution is -0.189. The summed E-state index contributed by atoms with van der Waals surface area (Å²) in [6.07, 6.45) is -5.47. The van der Waals surface area contributed by atoms with Crippen LogP contribution in [-0.2, 0) is 6.42 Å². The third-order valence-electron chi connectivity index (χ3n) is 2.17. The van der Waals surface area contributed by atoms with Gasteiger partial charge in [0.15, 0.2) is 6.10 Å². The number of ether oxygens (including phenoxy) is 1. The number of aryl methyl sites for hydroxylation is 1. The number of halogens is 4. The van der Waals surface area contributed by atoms with E-state index in [-0.39, 0.29) is 10.8 Å². The molecule has 1 rings (SSSR count). The van der Waals surface area contributed by atoms with Crippen LogP contribution < -0.4 is 4.74 Å². The molecule has 0 heterocycles. The SMILES string of the molecule is CCc1ccc(OC(C)C(F)(F)F)c(Cl)c1. The summed E-state index contributed by atoms with van der Waals surface area (Å²) >= 11 is 5.81. The van der Waals surface area contributed by atoms with Crippen LogP contribution in [0.5, 0.6) is 5.75 Å². The minimum absolute atomic E-state index is 0.0590. The minimum atomic E-state index is -4.38. The predicted molar refractivity (Wildman–Crippen MR) is 57.0 cm³/mol. The van der Waals surface area contributed by atoms with Crippen LogP contribution in [0, 0.1) is 0 Å². The molecule has 0 N–H and O–H groups in total. The Morgan fingerprint density at radius 3 is 2.44 bits per heavy atom. The number of hydrogen-bond acceptors (Lipinski definition) is 1. The van der Waals surface area contributed by atoms with Gasteiger partial charge in [-0.2, -0.15) is 13.2 Å². The van der Waals surface area contributed by atoms with Crippen molar-refractivity contribution < 1.29 is 17.9 Å². The van der Waals surface area contributed by atoms with E-state index in [1.54, 1.807) is 12.1 Å². The van der Waals surface area contributed by atoms with Crippen molar-refractivity contribution in [1.29, 1.82) is 0 Å². The number of alkyl halides is 3. The molecule has 1 aromatic carbocycles. The molecule has 0 aromatic heterocycles. The van der Waals surface area contributed by atoms with Gasteiger partial charge in [-0.1, -0.05) is 24.6 Å². The quantitative estimate of drug-likeness (QED) is 0.782. The third-order valence-corrected chi connectivity index (χ3v) is 2.46. The Hall–Kier alpha value is -0.900. The van der Waals surface area contributed by atoms with Gasteiger partial charge in [0, 0.05) is 0 Å². The van der Waals surface area contributed by atoms with Gasteiger partial charge in [-0.3, -0.25) is 0 Å². The molecule has 0 aliphatic rings. The van der Waals surface area contributed by atoms with Gasteiger partial charge in [0.05, 0.1) is 5.02 Å². The second kappa shape index (κ2) is 4.95. The van der Waals surface area contributed by atoms with Crippen LogP contribution in [0.2, 0.25) is 5.02 Å². The second-order valence-corrected chi connectivity index (χ2v) is 3.83. The molecule has 0 aliphatic heterocycles. The maximum atomic E-state index is 12.2. The van der Waals surface area contributed by atoms with Crippen LogP contribution in [0.15, 0.2) is 18.2 Å². The molecule has 0 fully saturated rings. The first kappa shape index (κ1) is 13.2. The Labute approximate surface area is 97.2 Å². The molecule has 1 aromatic rings. The highest BCUT2D eigenvalue weighted by Gasteiger charge is 2.38. The van der Waals surface area contributed by atoms with Crippen molar-refractivity contribution in [1.82, 2.24) is 0 Å². The maximum Gasteiger partial charge on any atom is 0.425 e. The molecule has 0 amide bonds. The van der Waals surface area contributed by atoms with E-state index >= 15 is 0 Å². The Balaban J connectivity index is 2.82. The first-order valence-corrected chi connectivity index (χ1v) is 5.24. The van der Waals surface area contributed by atoms with Gasteiger partial charge in [-0.15, -0.1) is 0 Å². The van der Waals surface area contributed by atoms with Gasteiger partial charge < -0.3 is 4.74 Å². The van der Waals surface area contributed by atoms with Crippen molar-refractivity contribution in [2.24, 2.45) is 0 Å². The molecule has 16 heavy (non-hydrogen) atoms. The highest BCUT2D eigenvalue weighted by molar-refractivity contribution is 6.32. The van der Waals surface area contributed by atoms with E-state index in [4.69, 9.17) is 16.3 Å². The van der Waals surface area contributed by atoms with E-state index in [9.17, 15) is 13.2 Å². The van der Waals surface area contributed by atoms with Crippen LogP contribution in [0.1, 0.15) is 19.4 Å². The Morgan fingerprint density at radius 1 is 1.38 bits per heavy atom. The number of hydrogen-bond donors (Lipinski definition) is 0. The van der Waals surface area contributed by atoms with E-state index < -0.39 is 12.3 Å². The van der Waals surface area contributed by atoms with Crippen LogP contribution in [-0.4, -0.2) is 12.3 Å². The summed E-state index contributed by atoms with van der Waals surface area (Å²) in [5.74, 6) is 0.0590. The molecule has 0 saturated carbocycles. The van der Waals surface area contributed by atoms with Crippen molar-refractivity contribution in [2.45, 2.75) is 32.5 Å². The summed E-state index contributed by atoms with van der Waals surface area (Å²) < 4.78 is 41.5. The summed E-state index contributed by atoms with van der Waals surface area (Å²) in [7, 11) is 0. The first-order valence-electron chi connectivity index (χ1n) is 4.86. The highest BCUT2D eigenvalue weighted by atomic mass is 35.5. The van der Waals surface area contributed by atoms with Gasteiger partial charge in [-0.05, 0) is 31.0 Å². The van der Waals surface area contributed by atoms with E-state index in [0.717, 1.165) is 18.9 Å². The average Bonchev–Trinajstić information content (AvgIpc) is 2.19. The van der Waals surface area contributed by atoms with Crippen LogP contribution in [0.25, 0.3) is 0 Å². The summed E-state index contributed by atoms with van der Waals surface area (Å²) in [4.78, 5) is 0. The molecular weight excluding hydrogens is 241 g/mol. The van der Waals surface area contributed by atoms with Crippen molar-refractivity contribution in [2.75, 3.05) is 0 Å². The van der Waals surface area contributed by atoms with E-state index in [1.807, 2.05) is 6.92 Å². The minimum Gasteiger partial charge on any atom is -0.480 e. The lowest BCUT2D eigenvalue weighted by Crippen LogP contribution is -2.31. The first-order chi connectivity index (χ1) is 7.34. The van der Waals surface area contributed by atoms with Gasteiger partial charge in [0.1, 0.15) is 5.75 Å². The third kappa shape index (κ3) is 3.30. The standard InChI is InChI=1S/C11H12ClF3O/c1-3-8-4-5-10(9(12)6-8)16-7(2)11(13,14)15/h4-7H,3H2,1-2H3. The molecule has 0 saturated heterocycles. The second-order valence-electron chi connectivity index (χ2n) is 3.42. The molecule has 5 heteroatoms. The molecule has 0 aliphatic carbocycles. The lowest BCUT2D eigenvalue weighted by Gasteiger charge is -2.18. The largest absolute Gasteiger partial charge is 0.480 e. The normalized spacial score (nSPS) is 13.6. The fraction of sp³-hybridized carbons (Fsp3) is 0.455. The topological polar surface area (TPSA) is 9.23 Å². The molecule has 0 radical (unpaired) electrons. The summed E-state index contributed by atoms with van der Waals surface area (Å²) in [6, 6.07) is 4.77. The van der Waals surface area contributed by atoms with Crippen LogP contribution in [0.4, 0.5) is 13.2 Å². The zero-order chi connectivity index (χ0) is 12.3. The molecule has 1 unspecified atom stereocenters. The van der Waals surface area contributed by atoms with Gasteiger partial charge >= 0.3 is 6.18 Å². The van der Waals surface area contributed by atoms with E-state index in [1.165, 1.54) is 6.07 Å². The van der Waals surface area contributed by atoms with Gasteiger partial charge in [0.2, 0.25) is 0 Å². The smallest absolute Gasteiger partial charge is 0.425 e. The lowest BCUT2D eigenvalue weighted by atomic mass is 10.2. The summed E-state index contributed by atoms with van der Waals surface area (Å²) in [5, 5.41) is 0.204. The molecular formula is C11H12ClF3O. The number of benzene rings is 1. The van der Waals surface area contributed by atoms with Crippen molar-refractivity contribution in [3.8, 4) is 5.75 Å². The molecule has 1 nitrogen and oxygen atoms in total. The Bertz CT molecular complexity index is 363. The fourth-order valence-electron chi connectivity index (χ4n) is 1.12. The fourth-order valence-corrected chi connectivity index (χ4v) is 1.36. The Kier molecular flexibility index (Phi) is 4.08. The Morgan fingerprint density at radius 2 is 2.00 bits per heavy atom.